The van der Waals surface area contributed by atoms with Gasteiger partial charge in [-0.05, 0) is 41.7 Å². The van der Waals surface area contributed by atoms with Crippen molar-refractivity contribution < 1.29 is 0 Å². The molecule has 1 N–H and O–H groups in total. The van der Waals surface area contributed by atoms with Crippen LogP contribution in [-0.4, -0.2) is 4.57 Å². The van der Waals surface area contributed by atoms with Crippen molar-refractivity contribution in [2.24, 2.45) is 0 Å². The maximum absolute atomic E-state index is 3.76. The van der Waals surface area contributed by atoms with Crippen LogP contribution >= 0.6 is 0 Å². The average Bonchev–Trinajstić information content (AvgIpc) is 3.04. The smallest absolute Gasteiger partial charge is 0.0497 e. The molecule has 2 unspecified atom stereocenters. The van der Waals surface area contributed by atoms with Crippen LogP contribution in [0.2, 0.25) is 0 Å². The first-order chi connectivity index (χ1) is 11.3. The van der Waals surface area contributed by atoms with Crippen molar-refractivity contribution >= 4 is 0 Å². The summed E-state index contributed by atoms with van der Waals surface area (Å²) in [6, 6.07) is 24.2. The second-order valence-corrected chi connectivity index (χ2v) is 6.41. The van der Waals surface area contributed by atoms with Crippen LogP contribution in [0.5, 0.6) is 0 Å². The van der Waals surface area contributed by atoms with Crippen molar-refractivity contribution in [3.05, 3.63) is 89.7 Å². The van der Waals surface area contributed by atoms with E-state index in [0.29, 0.717) is 12.0 Å². The molecule has 3 aromatic rings. The number of nitrogens with one attached hydrogen (secondary N) is 1. The van der Waals surface area contributed by atoms with Crippen LogP contribution in [0.1, 0.15) is 42.1 Å². The highest BCUT2D eigenvalue weighted by molar-refractivity contribution is 5.45. The van der Waals surface area contributed by atoms with E-state index in [9.17, 15) is 0 Å². The average molecular weight is 302 g/mol. The summed E-state index contributed by atoms with van der Waals surface area (Å²) in [5, 5.41) is 3.76. The topological polar surface area (TPSA) is 17.0 Å². The number of para-hydroxylation sites is 1. The van der Waals surface area contributed by atoms with Crippen molar-refractivity contribution in [2.45, 2.75) is 31.8 Å². The minimum absolute atomic E-state index is 0.368. The SMILES string of the molecule is CC(CC1NCc2ccccc2-n2cccc21)c1ccccc1. The lowest BCUT2D eigenvalue weighted by Crippen LogP contribution is -2.21. The Kier molecular flexibility index (Phi) is 3.76. The maximum Gasteiger partial charge on any atom is 0.0497 e. The van der Waals surface area contributed by atoms with Crippen LogP contribution < -0.4 is 5.32 Å². The van der Waals surface area contributed by atoms with Gasteiger partial charge in [-0.1, -0.05) is 55.5 Å². The van der Waals surface area contributed by atoms with Gasteiger partial charge in [0.05, 0.1) is 0 Å². The summed E-state index contributed by atoms with van der Waals surface area (Å²) in [6.45, 7) is 3.24. The summed E-state index contributed by atoms with van der Waals surface area (Å²) in [4.78, 5) is 0. The summed E-state index contributed by atoms with van der Waals surface area (Å²) in [6.07, 6.45) is 3.28. The van der Waals surface area contributed by atoms with E-state index in [1.54, 1.807) is 0 Å². The molecule has 0 saturated heterocycles. The van der Waals surface area contributed by atoms with E-state index in [-0.39, 0.29) is 0 Å². The second-order valence-electron chi connectivity index (χ2n) is 6.41. The fraction of sp³-hybridized carbons (Fsp3) is 0.238. The Morgan fingerprint density at radius 3 is 2.65 bits per heavy atom. The Labute approximate surface area is 137 Å². The number of rotatable bonds is 3. The molecule has 0 radical (unpaired) electrons. The number of nitrogens with zero attached hydrogens (tertiary/aromatic N) is 1. The zero-order valence-corrected chi connectivity index (χ0v) is 13.4. The van der Waals surface area contributed by atoms with Gasteiger partial charge in [-0.15, -0.1) is 0 Å². The van der Waals surface area contributed by atoms with Gasteiger partial charge in [0.15, 0.2) is 0 Å². The zero-order chi connectivity index (χ0) is 15.6. The number of hydrogen-bond acceptors (Lipinski definition) is 1. The molecule has 1 aliphatic heterocycles. The number of hydrogen-bond donors (Lipinski definition) is 1. The summed E-state index contributed by atoms with van der Waals surface area (Å²) in [5.74, 6) is 0.526. The van der Waals surface area contributed by atoms with Crippen LogP contribution in [0.4, 0.5) is 0 Å². The van der Waals surface area contributed by atoms with E-state index in [0.717, 1.165) is 13.0 Å². The van der Waals surface area contributed by atoms with Gasteiger partial charge in [0.2, 0.25) is 0 Å². The van der Waals surface area contributed by atoms with E-state index in [1.807, 2.05) is 0 Å². The fourth-order valence-corrected chi connectivity index (χ4v) is 3.61. The highest BCUT2D eigenvalue weighted by Gasteiger charge is 2.23. The standard InChI is InChI=1S/C21H22N2/c1-16(17-8-3-2-4-9-17)14-19-21-12-7-13-23(21)20-11-6-5-10-18(20)15-22-19/h2-13,16,19,22H,14-15H2,1H3. The van der Waals surface area contributed by atoms with Crippen molar-refractivity contribution in [3.8, 4) is 5.69 Å². The van der Waals surface area contributed by atoms with E-state index in [1.165, 1.54) is 22.5 Å². The molecule has 0 amide bonds. The minimum atomic E-state index is 0.368. The second kappa shape index (κ2) is 6.05. The molecule has 2 aromatic carbocycles. The number of benzene rings is 2. The molecule has 23 heavy (non-hydrogen) atoms. The molecule has 0 bridgehead atoms. The third-order valence-electron chi connectivity index (χ3n) is 4.89. The molecule has 4 rings (SSSR count). The maximum atomic E-state index is 3.76. The Balaban J connectivity index is 1.65. The normalized spacial score (nSPS) is 17.9. The van der Waals surface area contributed by atoms with Gasteiger partial charge in [-0.3, -0.25) is 0 Å². The predicted molar refractivity (Wildman–Crippen MR) is 94.8 cm³/mol. The van der Waals surface area contributed by atoms with Gasteiger partial charge in [-0.25, -0.2) is 0 Å². The molecule has 0 spiro atoms. The lowest BCUT2D eigenvalue weighted by molar-refractivity contribution is 0.459. The van der Waals surface area contributed by atoms with Gasteiger partial charge in [0, 0.05) is 30.2 Å². The molecule has 116 valence electrons. The van der Waals surface area contributed by atoms with Crippen LogP contribution in [0.15, 0.2) is 72.9 Å². The molecular weight excluding hydrogens is 280 g/mol. The molecule has 2 heterocycles. The van der Waals surface area contributed by atoms with Crippen LogP contribution in [0.25, 0.3) is 5.69 Å². The Morgan fingerprint density at radius 2 is 1.78 bits per heavy atom. The Morgan fingerprint density at radius 1 is 1.00 bits per heavy atom. The van der Waals surface area contributed by atoms with Gasteiger partial charge in [0.25, 0.3) is 0 Å². The third-order valence-corrected chi connectivity index (χ3v) is 4.89. The van der Waals surface area contributed by atoms with Crippen LogP contribution in [-0.2, 0) is 6.54 Å². The van der Waals surface area contributed by atoms with Crippen molar-refractivity contribution in [1.29, 1.82) is 0 Å². The molecule has 0 fully saturated rings. The first-order valence-electron chi connectivity index (χ1n) is 8.37. The van der Waals surface area contributed by atoms with Crippen molar-refractivity contribution in [3.63, 3.8) is 0 Å². The molecule has 2 heteroatoms. The lowest BCUT2D eigenvalue weighted by Gasteiger charge is -2.22. The summed E-state index contributed by atoms with van der Waals surface area (Å²) in [5.41, 5.74) is 5.43. The molecule has 0 aliphatic carbocycles. The monoisotopic (exact) mass is 302 g/mol. The predicted octanol–water partition coefficient (Wildman–Crippen LogP) is 4.82. The minimum Gasteiger partial charge on any atom is -0.319 e. The Bertz CT molecular complexity index is 788. The zero-order valence-electron chi connectivity index (χ0n) is 13.4. The van der Waals surface area contributed by atoms with E-state index in [4.69, 9.17) is 0 Å². The fourth-order valence-electron chi connectivity index (χ4n) is 3.61. The van der Waals surface area contributed by atoms with Crippen molar-refractivity contribution in [2.75, 3.05) is 0 Å². The molecule has 2 nitrogen and oxygen atoms in total. The van der Waals surface area contributed by atoms with Gasteiger partial charge in [0.1, 0.15) is 0 Å². The number of aromatic nitrogens is 1. The molecule has 0 saturated carbocycles. The third kappa shape index (κ3) is 2.71. The van der Waals surface area contributed by atoms with E-state index < -0.39 is 0 Å². The van der Waals surface area contributed by atoms with Gasteiger partial charge < -0.3 is 9.88 Å². The molecular formula is C21H22N2. The number of fused-ring (bicyclic) bond motifs is 3. The quantitative estimate of drug-likeness (QED) is 0.734. The largest absolute Gasteiger partial charge is 0.319 e. The summed E-state index contributed by atoms with van der Waals surface area (Å²) < 4.78 is 2.34. The highest BCUT2D eigenvalue weighted by atomic mass is 15.1. The van der Waals surface area contributed by atoms with Gasteiger partial charge in [-0.2, -0.15) is 0 Å². The van der Waals surface area contributed by atoms with Crippen LogP contribution in [0, 0.1) is 0 Å². The van der Waals surface area contributed by atoms with Crippen LogP contribution in [0.3, 0.4) is 0 Å². The molecule has 1 aliphatic rings. The first-order valence-corrected chi connectivity index (χ1v) is 8.37. The summed E-state index contributed by atoms with van der Waals surface area (Å²) in [7, 11) is 0. The van der Waals surface area contributed by atoms with Gasteiger partial charge >= 0.3 is 0 Å². The molecule has 2 atom stereocenters. The highest BCUT2D eigenvalue weighted by Crippen LogP contribution is 2.32. The van der Waals surface area contributed by atoms with E-state index in [2.05, 4.69) is 89.7 Å². The molecule has 1 aromatic heterocycles. The first kappa shape index (κ1) is 14.3. The lowest BCUT2D eigenvalue weighted by atomic mass is 9.92. The van der Waals surface area contributed by atoms with Crippen molar-refractivity contribution in [1.82, 2.24) is 9.88 Å². The van der Waals surface area contributed by atoms with E-state index >= 15 is 0 Å². The summed E-state index contributed by atoms with van der Waals surface area (Å²) >= 11 is 0. The Hall–Kier alpha value is -2.32.